The van der Waals surface area contributed by atoms with E-state index in [2.05, 4.69) is 46.3 Å². The Morgan fingerprint density at radius 1 is 1.42 bits per heavy atom. The predicted octanol–water partition coefficient (Wildman–Crippen LogP) is 3.70. The smallest absolute Gasteiger partial charge is 0.193 e. The van der Waals surface area contributed by atoms with Gasteiger partial charge in [0.25, 0.3) is 0 Å². The molecule has 1 aliphatic rings. The maximum Gasteiger partial charge on any atom is 0.193 e. The van der Waals surface area contributed by atoms with Crippen molar-refractivity contribution in [2.75, 3.05) is 0 Å². The first kappa shape index (κ1) is 13.1. The molecule has 1 saturated carbocycles. The number of nitrogens with one attached hydrogen (secondary N) is 1. The zero-order valence-electron chi connectivity index (χ0n) is 11.8. The normalized spacial score (nSPS) is 24.4. The second kappa shape index (κ2) is 5.63. The molecule has 4 heteroatoms. The molecule has 2 unspecified atom stereocenters. The van der Waals surface area contributed by atoms with Crippen molar-refractivity contribution in [2.45, 2.75) is 52.1 Å². The van der Waals surface area contributed by atoms with Crippen molar-refractivity contribution in [3.05, 3.63) is 23.5 Å². The van der Waals surface area contributed by atoms with Crippen LogP contribution < -0.4 is 5.32 Å². The third-order valence-electron chi connectivity index (χ3n) is 4.36. The average Bonchev–Trinajstić information content (AvgIpc) is 2.97. The Labute approximate surface area is 119 Å². The molecular weight excluding hydrogens is 254 g/mol. The van der Waals surface area contributed by atoms with Crippen LogP contribution in [0.2, 0.25) is 0 Å². The van der Waals surface area contributed by atoms with E-state index < -0.39 is 0 Å². The molecule has 0 aromatic carbocycles. The van der Waals surface area contributed by atoms with Crippen LogP contribution in [0.4, 0.5) is 0 Å². The van der Waals surface area contributed by atoms with E-state index in [0.29, 0.717) is 6.04 Å². The number of nitrogens with zero attached hydrogens (tertiary/aromatic N) is 2. The molecule has 3 nitrogen and oxygen atoms in total. The van der Waals surface area contributed by atoms with Crippen LogP contribution in [0, 0.1) is 11.8 Å². The molecule has 19 heavy (non-hydrogen) atoms. The second-order valence-corrected chi connectivity index (χ2v) is 6.88. The SMILES string of the molecule is CC(C)C1CCCCC1NCc1cn2ccsc2n1. The van der Waals surface area contributed by atoms with E-state index in [1.165, 1.54) is 31.4 Å². The van der Waals surface area contributed by atoms with Gasteiger partial charge < -0.3 is 5.32 Å². The summed E-state index contributed by atoms with van der Waals surface area (Å²) in [6, 6.07) is 0.675. The molecule has 0 spiro atoms. The van der Waals surface area contributed by atoms with E-state index in [4.69, 9.17) is 0 Å². The highest BCUT2D eigenvalue weighted by Gasteiger charge is 2.27. The maximum atomic E-state index is 4.65. The van der Waals surface area contributed by atoms with Crippen molar-refractivity contribution in [3.8, 4) is 0 Å². The number of fused-ring (bicyclic) bond motifs is 1. The summed E-state index contributed by atoms with van der Waals surface area (Å²) >= 11 is 1.70. The maximum absolute atomic E-state index is 4.65. The number of hydrogen-bond acceptors (Lipinski definition) is 3. The lowest BCUT2D eigenvalue weighted by atomic mass is 9.78. The molecule has 104 valence electrons. The van der Waals surface area contributed by atoms with E-state index in [0.717, 1.165) is 23.3 Å². The molecule has 2 aromatic rings. The zero-order valence-corrected chi connectivity index (χ0v) is 12.6. The van der Waals surface area contributed by atoms with Gasteiger partial charge in [-0.25, -0.2) is 4.98 Å². The first-order chi connectivity index (χ1) is 9.24. The van der Waals surface area contributed by atoms with E-state index in [-0.39, 0.29) is 0 Å². The molecule has 3 rings (SSSR count). The summed E-state index contributed by atoms with van der Waals surface area (Å²) in [5.41, 5.74) is 1.17. The minimum atomic E-state index is 0.675. The lowest BCUT2D eigenvalue weighted by Gasteiger charge is -2.35. The summed E-state index contributed by atoms with van der Waals surface area (Å²) in [5.74, 6) is 1.61. The van der Waals surface area contributed by atoms with Crippen LogP contribution in [-0.2, 0) is 6.54 Å². The number of aromatic nitrogens is 2. The molecule has 1 aliphatic carbocycles. The van der Waals surface area contributed by atoms with Gasteiger partial charge in [-0.15, -0.1) is 11.3 Å². The van der Waals surface area contributed by atoms with Crippen molar-refractivity contribution in [2.24, 2.45) is 11.8 Å². The lowest BCUT2D eigenvalue weighted by Crippen LogP contribution is -2.40. The lowest BCUT2D eigenvalue weighted by molar-refractivity contribution is 0.204. The summed E-state index contributed by atoms with van der Waals surface area (Å²) in [6.07, 6.45) is 9.71. The van der Waals surface area contributed by atoms with Crippen LogP contribution in [0.15, 0.2) is 17.8 Å². The van der Waals surface area contributed by atoms with Crippen LogP contribution in [0.1, 0.15) is 45.2 Å². The average molecular weight is 277 g/mol. The third kappa shape index (κ3) is 2.84. The minimum absolute atomic E-state index is 0.675. The first-order valence-corrected chi connectivity index (χ1v) is 8.26. The van der Waals surface area contributed by atoms with Gasteiger partial charge in [0.2, 0.25) is 0 Å². The molecule has 1 fully saturated rings. The fourth-order valence-electron chi connectivity index (χ4n) is 3.31. The van der Waals surface area contributed by atoms with Gasteiger partial charge >= 0.3 is 0 Å². The summed E-state index contributed by atoms with van der Waals surface area (Å²) in [4.78, 5) is 5.74. The summed E-state index contributed by atoms with van der Waals surface area (Å²) in [7, 11) is 0. The predicted molar refractivity (Wildman–Crippen MR) is 80.5 cm³/mol. The van der Waals surface area contributed by atoms with Gasteiger partial charge in [0.1, 0.15) is 0 Å². The van der Waals surface area contributed by atoms with Crippen molar-refractivity contribution in [1.82, 2.24) is 14.7 Å². The molecule has 0 amide bonds. The number of thiazole rings is 1. The largest absolute Gasteiger partial charge is 0.308 e. The Balaban J connectivity index is 1.62. The molecule has 1 N–H and O–H groups in total. The third-order valence-corrected chi connectivity index (χ3v) is 5.13. The van der Waals surface area contributed by atoms with Crippen molar-refractivity contribution < 1.29 is 0 Å². The van der Waals surface area contributed by atoms with Crippen LogP contribution in [0.25, 0.3) is 4.96 Å². The van der Waals surface area contributed by atoms with Crippen LogP contribution in [-0.4, -0.2) is 15.4 Å². The first-order valence-electron chi connectivity index (χ1n) is 7.38. The molecule has 2 aromatic heterocycles. The molecule has 2 heterocycles. The van der Waals surface area contributed by atoms with Gasteiger partial charge in [-0.2, -0.15) is 0 Å². The number of hydrogen-bond donors (Lipinski definition) is 1. The summed E-state index contributed by atoms with van der Waals surface area (Å²) in [5, 5.41) is 5.83. The van der Waals surface area contributed by atoms with Gasteiger partial charge in [-0.05, 0) is 24.7 Å². The Morgan fingerprint density at radius 3 is 3.05 bits per heavy atom. The van der Waals surface area contributed by atoms with Gasteiger partial charge in [0.15, 0.2) is 4.96 Å². The Bertz CT molecular complexity index is 500. The van der Waals surface area contributed by atoms with Gasteiger partial charge in [0.05, 0.1) is 5.69 Å². The molecule has 0 bridgehead atoms. The van der Waals surface area contributed by atoms with Gasteiger partial charge in [0, 0.05) is 30.4 Å². The van der Waals surface area contributed by atoms with Gasteiger partial charge in [-0.1, -0.05) is 26.7 Å². The fourth-order valence-corrected chi connectivity index (χ4v) is 4.03. The fraction of sp³-hybridized carbons (Fsp3) is 0.667. The topological polar surface area (TPSA) is 29.3 Å². The number of rotatable bonds is 4. The van der Waals surface area contributed by atoms with Crippen molar-refractivity contribution >= 4 is 16.3 Å². The second-order valence-electron chi connectivity index (χ2n) is 6.00. The highest BCUT2D eigenvalue weighted by molar-refractivity contribution is 7.15. The minimum Gasteiger partial charge on any atom is -0.308 e. The number of imidazole rings is 1. The Morgan fingerprint density at radius 2 is 2.26 bits per heavy atom. The van der Waals surface area contributed by atoms with Gasteiger partial charge in [-0.3, -0.25) is 4.40 Å². The Hall–Kier alpha value is -0.870. The van der Waals surface area contributed by atoms with E-state index in [1.807, 2.05) is 0 Å². The van der Waals surface area contributed by atoms with E-state index >= 15 is 0 Å². The summed E-state index contributed by atoms with van der Waals surface area (Å²) in [6.45, 7) is 5.62. The Kier molecular flexibility index (Phi) is 3.89. The molecule has 0 radical (unpaired) electrons. The molecular formula is C15H23N3S. The molecule has 0 aliphatic heterocycles. The highest BCUT2D eigenvalue weighted by atomic mass is 32.1. The highest BCUT2D eigenvalue weighted by Crippen LogP contribution is 2.30. The van der Waals surface area contributed by atoms with E-state index in [9.17, 15) is 0 Å². The zero-order chi connectivity index (χ0) is 13.2. The van der Waals surface area contributed by atoms with Crippen molar-refractivity contribution in [3.63, 3.8) is 0 Å². The standard InChI is InChI=1S/C15H23N3S/c1-11(2)13-5-3-4-6-14(13)16-9-12-10-18-7-8-19-15(18)17-12/h7-8,10-11,13-14,16H,3-6,9H2,1-2H3. The van der Waals surface area contributed by atoms with Crippen LogP contribution in [0.3, 0.4) is 0 Å². The van der Waals surface area contributed by atoms with E-state index in [1.54, 1.807) is 11.3 Å². The monoisotopic (exact) mass is 277 g/mol. The van der Waals surface area contributed by atoms with Crippen molar-refractivity contribution in [1.29, 1.82) is 0 Å². The van der Waals surface area contributed by atoms with Crippen LogP contribution in [0.5, 0.6) is 0 Å². The molecule has 0 saturated heterocycles. The summed E-state index contributed by atoms with van der Waals surface area (Å²) < 4.78 is 2.11. The van der Waals surface area contributed by atoms with Crippen LogP contribution >= 0.6 is 11.3 Å². The quantitative estimate of drug-likeness (QED) is 0.923. The molecule has 2 atom stereocenters.